The van der Waals surface area contributed by atoms with Gasteiger partial charge in [-0.05, 0) is 94.3 Å². The second-order valence-electron chi connectivity index (χ2n) is 18.6. The smallest absolute Gasteiger partial charge is 0.330 e. The number of hydrogen-bond donors (Lipinski definition) is 3. The van der Waals surface area contributed by atoms with Gasteiger partial charge in [-0.2, -0.15) is 4.48 Å². The van der Waals surface area contributed by atoms with E-state index < -0.39 is 16.6 Å². The maximum atomic E-state index is 16.4. The van der Waals surface area contributed by atoms with E-state index in [9.17, 15) is 10.2 Å². The zero-order chi connectivity index (χ0) is 40.7. The van der Waals surface area contributed by atoms with Crippen LogP contribution in [0.2, 0.25) is 0 Å². The van der Waals surface area contributed by atoms with Crippen molar-refractivity contribution in [3.8, 4) is 0 Å². The Morgan fingerprint density at radius 3 is 1.95 bits per heavy atom. The van der Waals surface area contributed by atoms with Gasteiger partial charge in [0.15, 0.2) is 0 Å². The van der Waals surface area contributed by atoms with Gasteiger partial charge < -0.3 is 30.2 Å². The fourth-order valence-electron chi connectivity index (χ4n) is 10.7. The van der Waals surface area contributed by atoms with Crippen LogP contribution in [0.1, 0.15) is 89.0 Å². The number of piperazine rings is 2. The number of quaternary nitrogens is 1. The number of carbonyl (C=O) groups excluding carboxylic acids is 1. The lowest BCUT2D eigenvalue weighted by molar-refractivity contribution is -0.133. The highest BCUT2D eigenvalue weighted by molar-refractivity contribution is 6.01. The standard InChI is InChI=1S/C50H66N5O3/c1-6-52-28-30-53(31-29-52)45-15-9-7-13-39(45)33-49(34-40-14-8-10-16-46(40)54-36-37(2)51-35-38(54)3)27-32-55(47(49)56,43-21-17-41(18-22-43)48(4,5)57)44-23-19-42(20-24-44)50(58)25-11-12-26-50/h7-10,13-24,37-38,51,57-58H,6,11-12,25-36H2,1-5H3/q+1. The Morgan fingerprint density at radius 2 is 1.34 bits per heavy atom. The lowest BCUT2D eigenvalue weighted by atomic mass is 9.74. The predicted molar refractivity (Wildman–Crippen MR) is 238 cm³/mol. The van der Waals surface area contributed by atoms with Gasteiger partial charge >= 0.3 is 5.91 Å². The van der Waals surface area contributed by atoms with Crippen LogP contribution in [-0.2, 0) is 28.8 Å². The highest BCUT2D eigenvalue weighted by Crippen LogP contribution is 2.52. The minimum Gasteiger partial charge on any atom is -0.386 e. The second kappa shape index (κ2) is 16.2. The van der Waals surface area contributed by atoms with E-state index in [2.05, 4.69) is 126 Å². The Hall–Kier alpha value is -4.05. The summed E-state index contributed by atoms with van der Waals surface area (Å²) in [5.41, 5.74) is 5.98. The van der Waals surface area contributed by atoms with Gasteiger partial charge in [0.25, 0.3) is 0 Å². The maximum absolute atomic E-state index is 16.4. The van der Waals surface area contributed by atoms with Crippen LogP contribution in [0.5, 0.6) is 0 Å². The average Bonchev–Trinajstić information content (AvgIpc) is 3.81. The van der Waals surface area contributed by atoms with Crippen LogP contribution in [0.3, 0.4) is 0 Å². The van der Waals surface area contributed by atoms with Crippen LogP contribution < -0.4 is 19.6 Å². The molecule has 0 radical (unpaired) electrons. The monoisotopic (exact) mass is 785 g/mol. The van der Waals surface area contributed by atoms with E-state index in [1.54, 1.807) is 0 Å². The largest absolute Gasteiger partial charge is 0.386 e. The summed E-state index contributed by atoms with van der Waals surface area (Å²) in [5, 5.41) is 26.2. The van der Waals surface area contributed by atoms with E-state index in [4.69, 9.17) is 0 Å². The van der Waals surface area contributed by atoms with Crippen molar-refractivity contribution in [3.05, 3.63) is 119 Å². The molecule has 8 heteroatoms. The van der Waals surface area contributed by atoms with Crippen molar-refractivity contribution in [2.45, 2.75) is 103 Å². The normalized spacial score (nSPS) is 26.7. The first kappa shape index (κ1) is 40.7. The lowest BCUT2D eigenvalue weighted by Crippen LogP contribution is -2.55. The lowest BCUT2D eigenvalue weighted by Gasteiger charge is -2.41. The molecule has 0 aromatic heterocycles. The number of aliphatic hydroxyl groups is 2. The Labute approximate surface area is 347 Å². The predicted octanol–water partition coefficient (Wildman–Crippen LogP) is 8.05. The number of carbonyl (C=O) groups is 1. The molecule has 3 N–H and O–H groups in total. The van der Waals surface area contributed by atoms with Crippen LogP contribution in [0.4, 0.5) is 22.7 Å². The van der Waals surface area contributed by atoms with Gasteiger partial charge in [-0.15, -0.1) is 0 Å². The zero-order valence-corrected chi connectivity index (χ0v) is 35.6. The summed E-state index contributed by atoms with van der Waals surface area (Å²) in [6, 6.07) is 34.9. The minimum absolute atomic E-state index is 0.0887. The van der Waals surface area contributed by atoms with Gasteiger partial charge in [-0.3, -0.25) is 0 Å². The van der Waals surface area contributed by atoms with Gasteiger partial charge in [-0.1, -0.05) is 80.4 Å². The zero-order valence-electron chi connectivity index (χ0n) is 35.6. The molecule has 58 heavy (non-hydrogen) atoms. The molecule has 4 fully saturated rings. The summed E-state index contributed by atoms with van der Waals surface area (Å²) in [6.45, 7) is 17.9. The Kier molecular flexibility index (Phi) is 11.4. The van der Waals surface area contributed by atoms with Crippen molar-refractivity contribution in [3.63, 3.8) is 0 Å². The average molecular weight is 785 g/mol. The molecule has 4 aliphatic rings. The number of hydrogen-bond acceptors (Lipinski definition) is 7. The molecule has 4 aromatic rings. The van der Waals surface area contributed by atoms with Crippen molar-refractivity contribution in [2.24, 2.45) is 5.41 Å². The number of nitrogens with one attached hydrogen (secondary N) is 1. The Bertz CT molecular complexity index is 2050. The van der Waals surface area contributed by atoms with E-state index in [-0.39, 0.29) is 10.4 Å². The highest BCUT2D eigenvalue weighted by atomic mass is 16.3. The summed E-state index contributed by atoms with van der Waals surface area (Å²) < 4.78 is 0.0887. The van der Waals surface area contributed by atoms with Crippen LogP contribution >= 0.6 is 0 Å². The molecule has 3 heterocycles. The van der Waals surface area contributed by atoms with Gasteiger partial charge in [0.1, 0.15) is 11.4 Å². The second-order valence-corrected chi connectivity index (χ2v) is 18.6. The fourth-order valence-corrected chi connectivity index (χ4v) is 10.7. The van der Waals surface area contributed by atoms with Crippen molar-refractivity contribution < 1.29 is 15.0 Å². The van der Waals surface area contributed by atoms with E-state index in [0.29, 0.717) is 37.9 Å². The van der Waals surface area contributed by atoms with Gasteiger partial charge in [0, 0.05) is 93.4 Å². The first-order chi connectivity index (χ1) is 27.8. The quantitative estimate of drug-likeness (QED) is 0.133. The maximum Gasteiger partial charge on any atom is 0.330 e. The molecular formula is C50H66N5O3+. The summed E-state index contributed by atoms with van der Waals surface area (Å²) in [7, 11) is 0. The first-order valence-electron chi connectivity index (χ1n) is 22.1. The molecule has 3 saturated heterocycles. The van der Waals surface area contributed by atoms with E-state index in [1.165, 1.54) is 22.5 Å². The van der Waals surface area contributed by atoms with Crippen LogP contribution in [0.15, 0.2) is 97.1 Å². The molecule has 0 bridgehead atoms. The summed E-state index contributed by atoms with van der Waals surface area (Å²) in [4.78, 5) is 24.1. The van der Waals surface area contributed by atoms with Crippen molar-refractivity contribution in [1.29, 1.82) is 0 Å². The van der Waals surface area contributed by atoms with Crippen molar-refractivity contribution in [2.75, 3.05) is 62.2 Å². The van der Waals surface area contributed by atoms with Crippen LogP contribution in [0, 0.1) is 5.41 Å². The minimum atomic E-state index is -1.00. The number of rotatable bonds is 11. The first-order valence-corrected chi connectivity index (χ1v) is 22.1. The molecule has 4 unspecified atom stereocenters. The number of likely N-dealkylation sites (N-methyl/N-ethyl adjacent to an activating group) is 1. The van der Waals surface area contributed by atoms with Crippen molar-refractivity contribution in [1.82, 2.24) is 14.7 Å². The number of amides is 1. The third kappa shape index (κ3) is 7.63. The highest BCUT2D eigenvalue weighted by Gasteiger charge is 2.61. The summed E-state index contributed by atoms with van der Waals surface area (Å²) >= 11 is 0. The Balaban J connectivity index is 1.26. The van der Waals surface area contributed by atoms with Gasteiger partial charge in [0.05, 0.1) is 23.2 Å². The molecule has 8 nitrogen and oxygen atoms in total. The van der Waals surface area contributed by atoms with Crippen LogP contribution in [0.25, 0.3) is 0 Å². The number of anilines is 2. The Morgan fingerprint density at radius 1 is 0.776 bits per heavy atom. The van der Waals surface area contributed by atoms with Gasteiger partial charge in [-0.25, -0.2) is 4.79 Å². The molecule has 4 atom stereocenters. The number of nitrogens with zero attached hydrogens (tertiary/aromatic N) is 4. The summed E-state index contributed by atoms with van der Waals surface area (Å²) in [5.74, 6) is 0.206. The van der Waals surface area contributed by atoms with E-state index in [1.807, 2.05) is 26.0 Å². The van der Waals surface area contributed by atoms with Gasteiger partial charge in [0.2, 0.25) is 0 Å². The topological polar surface area (TPSA) is 79.3 Å². The molecule has 308 valence electrons. The van der Waals surface area contributed by atoms with E-state index in [0.717, 1.165) is 94.0 Å². The SMILES string of the molecule is CCN1CCN(c2ccccc2CC2(Cc3ccccc3N3CC(C)NCC3C)CC[N+](c3ccc(C(C)(C)O)cc3)(c3ccc(C4(O)CCCC4)cc3)C2=O)CC1. The van der Waals surface area contributed by atoms with Crippen molar-refractivity contribution >= 4 is 28.7 Å². The molecule has 0 spiro atoms. The molecule has 3 aliphatic heterocycles. The molecular weight excluding hydrogens is 719 g/mol. The number of benzene rings is 4. The molecule has 1 saturated carbocycles. The molecule has 1 amide bonds. The summed E-state index contributed by atoms with van der Waals surface area (Å²) in [6.07, 6.45) is 5.56. The van der Waals surface area contributed by atoms with Crippen LogP contribution in [-0.4, -0.2) is 85.5 Å². The number of para-hydroxylation sites is 2. The fraction of sp³-hybridized carbons (Fsp3) is 0.500. The molecule has 8 rings (SSSR count). The third-order valence-corrected chi connectivity index (χ3v) is 14.3. The molecule has 1 aliphatic carbocycles. The molecule has 4 aromatic carbocycles. The van der Waals surface area contributed by atoms with E-state index >= 15 is 4.79 Å². The third-order valence-electron chi connectivity index (χ3n) is 14.3.